The molecule has 0 spiro atoms. The summed E-state index contributed by atoms with van der Waals surface area (Å²) in [6.45, 7) is 0.181. The Morgan fingerprint density at radius 1 is 0.800 bits per heavy atom. The topological polar surface area (TPSA) is 63.6 Å². The van der Waals surface area contributed by atoms with Gasteiger partial charge >= 0.3 is 5.97 Å². The van der Waals surface area contributed by atoms with Crippen LogP contribution in [0.5, 0.6) is 5.75 Å². The second kappa shape index (κ2) is 7.45. The van der Waals surface area contributed by atoms with E-state index >= 15 is 0 Å². The van der Waals surface area contributed by atoms with Crippen molar-refractivity contribution in [1.29, 1.82) is 0 Å². The molecular weight excluding hydrogens is 316 g/mol. The van der Waals surface area contributed by atoms with Gasteiger partial charge < -0.3 is 9.84 Å². The molecule has 0 aliphatic heterocycles. The standard InChI is InChI=1S/C21H16O4/c22-20(16-8-2-1-3-9-16)18-11-4-5-12-19(18)25-14-15-7-6-10-17(13-15)21(23)24/h1-13H,14H2,(H,23,24). The fourth-order valence-corrected chi connectivity index (χ4v) is 2.48. The van der Waals surface area contributed by atoms with Crippen LogP contribution >= 0.6 is 0 Å². The van der Waals surface area contributed by atoms with Crippen LogP contribution in [0.3, 0.4) is 0 Å². The van der Waals surface area contributed by atoms with Crippen molar-refractivity contribution in [1.82, 2.24) is 0 Å². The minimum Gasteiger partial charge on any atom is -0.488 e. The molecule has 3 rings (SSSR count). The molecule has 1 N–H and O–H groups in total. The highest BCUT2D eigenvalue weighted by Crippen LogP contribution is 2.22. The predicted octanol–water partition coefficient (Wildman–Crippen LogP) is 4.19. The number of aromatic carboxylic acids is 1. The number of benzene rings is 3. The molecule has 0 atom stereocenters. The molecule has 0 aliphatic carbocycles. The van der Waals surface area contributed by atoms with Crippen LogP contribution in [0, 0.1) is 0 Å². The molecule has 3 aromatic rings. The highest BCUT2D eigenvalue weighted by molar-refractivity contribution is 6.10. The number of carboxylic acid groups (broad SMARTS) is 1. The van der Waals surface area contributed by atoms with Crippen LogP contribution in [0.15, 0.2) is 78.9 Å². The molecular formula is C21H16O4. The van der Waals surface area contributed by atoms with Crippen LogP contribution in [0.1, 0.15) is 31.8 Å². The van der Waals surface area contributed by atoms with Gasteiger partial charge in [-0.2, -0.15) is 0 Å². The summed E-state index contributed by atoms with van der Waals surface area (Å²) in [6, 6.07) is 22.6. The summed E-state index contributed by atoms with van der Waals surface area (Å²) in [6.07, 6.45) is 0. The van der Waals surface area contributed by atoms with Crippen molar-refractivity contribution in [2.24, 2.45) is 0 Å². The van der Waals surface area contributed by atoms with E-state index in [2.05, 4.69) is 0 Å². The predicted molar refractivity (Wildman–Crippen MR) is 94.0 cm³/mol. The first kappa shape index (κ1) is 16.5. The number of carbonyl (C=O) groups excluding carboxylic acids is 1. The molecule has 0 amide bonds. The van der Waals surface area contributed by atoms with Crippen molar-refractivity contribution in [2.75, 3.05) is 0 Å². The lowest BCUT2D eigenvalue weighted by Gasteiger charge is -2.11. The summed E-state index contributed by atoms with van der Waals surface area (Å²) in [5.41, 5.74) is 1.99. The zero-order valence-electron chi connectivity index (χ0n) is 13.4. The minimum atomic E-state index is -0.985. The number of rotatable bonds is 6. The SMILES string of the molecule is O=C(O)c1cccc(COc2ccccc2C(=O)c2ccccc2)c1. The summed E-state index contributed by atoms with van der Waals surface area (Å²) < 4.78 is 5.79. The number of ether oxygens (including phenoxy) is 1. The lowest BCUT2D eigenvalue weighted by Crippen LogP contribution is -2.06. The van der Waals surface area contributed by atoms with Gasteiger partial charge in [-0.1, -0.05) is 54.6 Å². The second-order valence-electron chi connectivity index (χ2n) is 5.49. The van der Waals surface area contributed by atoms with Crippen molar-refractivity contribution < 1.29 is 19.4 Å². The minimum absolute atomic E-state index is 0.115. The Labute approximate surface area is 145 Å². The third-order valence-corrected chi connectivity index (χ3v) is 3.74. The molecule has 0 aromatic heterocycles. The Kier molecular flexibility index (Phi) is 4.90. The van der Waals surface area contributed by atoms with Crippen molar-refractivity contribution in [3.8, 4) is 5.75 Å². The van der Waals surface area contributed by atoms with Crippen molar-refractivity contribution in [3.05, 3.63) is 101 Å². The fraction of sp³-hybridized carbons (Fsp3) is 0.0476. The summed E-state index contributed by atoms with van der Waals surface area (Å²) in [4.78, 5) is 23.7. The molecule has 0 unspecified atom stereocenters. The zero-order valence-corrected chi connectivity index (χ0v) is 13.4. The monoisotopic (exact) mass is 332 g/mol. The fourth-order valence-electron chi connectivity index (χ4n) is 2.48. The van der Waals surface area contributed by atoms with Crippen molar-refractivity contribution >= 4 is 11.8 Å². The molecule has 0 bridgehead atoms. The molecule has 25 heavy (non-hydrogen) atoms. The lowest BCUT2D eigenvalue weighted by atomic mass is 10.0. The van der Waals surface area contributed by atoms with Gasteiger partial charge in [-0.25, -0.2) is 4.79 Å². The second-order valence-corrected chi connectivity index (χ2v) is 5.49. The zero-order chi connectivity index (χ0) is 17.6. The number of carbonyl (C=O) groups is 2. The van der Waals surface area contributed by atoms with E-state index in [4.69, 9.17) is 9.84 Å². The van der Waals surface area contributed by atoms with Gasteiger partial charge in [-0.05, 0) is 29.8 Å². The molecule has 0 aliphatic rings. The number of carboxylic acids is 1. The van der Waals surface area contributed by atoms with E-state index in [-0.39, 0.29) is 18.0 Å². The third-order valence-electron chi connectivity index (χ3n) is 3.74. The normalized spacial score (nSPS) is 10.2. The van der Waals surface area contributed by atoms with E-state index in [0.717, 1.165) is 5.56 Å². The van der Waals surface area contributed by atoms with Crippen LogP contribution in [-0.2, 0) is 6.61 Å². The molecule has 0 heterocycles. The number of hydrogen-bond acceptors (Lipinski definition) is 3. The van der Waals surface area contributed by atoms with Gasteiger partial charge in [0.2, 0.25) is 0 Å². The van der Waals surface area contributed by atoms with Crippen LogP contribution in [0.2, 0.25) is 0 Å². The summed E-state index contributed by atoms with van der Waals surface area (Å²) >= 11 is 0. The maximum Gasteiger partial charge on any atom is 0.335 e. The Hall–Kier alpha value is -3.40. The number of hydrogen-bond donors (Lipinski definition) is 1. The first-order valence-corrected chi connectivity index (χ1v) is 7.79. The molecule has 0 saturated carbocycles. The van der Waals surface area contributed by atoms with Gasteiger partial charge in [0.25, 0.3) is 0 Å². The van der Waals surface area contributed by atoms with Gasteiger partial charge in [-0.15, -0.1) is 0 Å². The summed E-state index contributed by atoms with van der Waals surface area (Å²) in [5.74, 6) is -0.630. The average Bonchev–Trinajstić information content (AvgIpc) is 2.67. The van der Waals surface area contributed by atoms with Crippen LogP contribution in [0.25, 0.3) is 0 Å². The summed E-state index contributed by atoms with van der Waals surface area (Å²) in [7, 11) is 0. The Morgan fingerprint density at radius 3 is 2.24 bits per heavy atom. The van der Waals surface area contributed by atoms with E-state index in [1.54, 1.807) is 54.6 Å². The Bertz CT molecular complexity index is 901. The smallest absolute Gasteiger partial charge is 0.335 e. The molecule has 124 valence electrons. The van der Waals surface area contributed by atoms with Gasteiger partial charge in [0, 0.05) is 5.56 Å². The van der Waals surface area contributed by atoms with Crippen molar-refractivity contribution in [2.45, 2.75) is 6.61 Å². The molecule has 0 saturated heterocycles. The highest BCUT2D eigenvalue weighted by atomic mass is 16.5. The largest absolute Gasteiger partial charge is 0.488 e. The first-order valence-electron chi connectivity index (χ1n) is 7.79. The van der Waals surface area contributed by atoms with E-state index < -0.39 is 5.97 Å². The number of ketones is 1. The van der Waals surface area contributed by atoms with E-state index in [0.29, 0.717) is 16.9 Å². The number of para-hydroxylation sites is 1. The van der Waals surface area contributed by atoms with Gasteiger partial charge in [-0.3, -0.25) is 4.79 Å². The maximum absolute atomic E-state index is 12.7. The molecule has 4 heteroatoms. The summed E-state index contributed by atoms with van der Waals surface area (Å²) in [5, 5.41) is 9.05. The highest BCUT2D eigenvalue weighted by Gasteiger charge is 2.14. The molecule has 4 nitrogen and oxygen atoms in total. The van der Waals surface area contributed by atoms with E-state index in [1.165, 1.54) is 6.07 Å². The van der Waals surface area contributed by atoms with Crippen LogP contribution in [0.4, 0.5) is 0 Å². The van der Waals surface area contributed by atoms with Gasteiger partial charge in [0.15, 0.2) is 5.78 Å². The Morgan fingerprint density at radius 2 is 1.48 bits per heavy atom. The van der Waals surface area contributed by atoms with Crippen LogP contribution in [-0.4, -0.2) is 16.9 Å². The van der Waals surface area contributed by atoms with Gasteiger partial charge in [0.1, 0.15) is 12.4 Å². The maximum atomic E-state index is 12.7. The molecule has 0 fully saturated rings. The molecule has 0 radical (unpaired) electrons. The average molecular weight is 332 g/mol. The molecule has 3 aromatic carbocycles. The Balaban J connectivity index is 1.81. The lowest BCUT2D eigenvalue weighted by molar-refractivity contribution is 0.0696. The van der Waals surface area contributed by atoms with Gasteiger partial charge in [0.05, 0.1) is 11.1 Å². The van der Waals surface area contributed by atoms with Crippen molar-refractivity contribution in [3.63, 3.8) is 0 Å². The quantitative estimate of drug-likeness (QED) is 0.687. The third kappa shape index (κ3) is 3.93. The van der Waals surface area contributed by atoms with Crippen LogP contribution < -0.4 is 4.74 Å². The first-order chi connectivity index (χ1) is 12.1. The van der Waals surface area contributed by atoms with E-state index in [9.17, 15) is 9.59 Å². The van der Waals surface area contributed by atoms with E-state index in [1.807, 2.05) is 18.2 Å².